The fourth-order valence-electron chi connectivity index (χ4n) is 2.65. The van der Waals surface area contributed by atoms with E-state index in [1.54, 1.807) is 0 Å². The topological polar surface area (TPSA) is 222 Å². The van der Waals surface area contributed by atoms with Crippen molar-refractivity contribution in [1.82, 2.24) is 4.98 Å². The first-order valence-corrected chi connectivity index (χ1v) is 11.1. The van der Waals surface area contributed by atoms with Crippen molar-refractivity contribution in [2.24, 2.45) is 0 Å². The summed E-state index contributed by atoms with van der Waals surface area (Å²) in [6, 6.07) is 2.37. The number of nitro benzene ring substituents is 1. The van der Waals surface area contributed by atoms with Gasteiger partial charge in [-0.25, -0.2) is 0 Å². The van der Waals surface area contributed by atoms with Crippen LogP contribution in [0.2, 0.25) is 0 Å². The molecule has 0 aliphatic heterocycles. The van der Waals surface area contributed by atoms with Crippen LogP contribution in [-0.2, 0) is 30.4 Å². The number of fused-ring (bicyclic) bond motifs is 3. The molecule has 1 heterocycles. The zero-order valence-corrected chi connectivity index (χ0v) is 15.5. The molecule has 0 aliphatic carbocycles. The third-order valence-corrected chi connectivity index (χ3v) is 6.32. The summed E-state index contributed by atoms with van der Waals surface area (Å²) in [6.07, 6.45) is 0. The second-order valence-corrected chi connectivity index (χ2v) is 9.75. The largest absolute Gasteiger partial charge is 0.348 e. The summed E-state index contributed by atoms with van der Waals surface area (Å²) >= 11 is 0. The van der Waals surface area contributed by atoms with Crippen LogP contribution in [0.25, 0.3) is 21.8 Å². The molecule has 0 bridgehead atoms. The highest BCUT2D eigenvalue weighted by Crippen LogP contribution is 2.37. The van der Waals surface area contributed by atoms with Gasteiger partial charge < -0.3 is 4.98 Å². The Morgan fingerprint density at radius 2 is 1.21 bits per heavy atom. The Hall–Kier alpha value is -2.63. The van der Waals surface area contributed by atoms with Gasteiger partial charge in [0.05, 0.1) is 15.3 Å². The van der Waals surface area contributed by atoms with Crippen molar-refractivity contribution >= 4 is 57.8 Å². The number of nitrogens with one attached hydrogen (secondary N) is 1. The monoisotopic (exact) mass is 452 g/mol. The Bertz CT molecular complexity index is 1500. The van der Waals surface area contributed by atoms with Crippen molar-refractivity contribution in [1.29, 1.82) is 0 Å². The predicted octanol–water partition coefficient (Wildman–Crippen LogP) is 0.969. The molecule has 0 unspecified atom stereocenters. The highest BCUT2D eigenvalue weighted by molar-refractivity contribution is 7.87. The lowest BCUT2D eigenvalue weighted by atomic mass is 10.1. The van der Waals surface area contributed by atoms with E-state index in [9.17, 15) is 49.0 Å². The maximum Gasteiger partial charge on any atom is 0.296 e. The molecule has 3 aromatic rings. The zero-order chi connectivity index (χ0) is 21.2. The molecule has 2 aromatic carbocycles. The van der Waals surface area contributed by atoms with E-state index in [0.717, 1.165) is 12.1 Å². The lowest BCUT2D eigenvalue weighted by Gasteiger charge is -2.03. The number of nitro groups is 1. The van der Waals surface area contributed by atoms with Crippen LogP contribution in [0, 0.1) is 10.1 Å². The summed E-state index contributed by atoms with van der Waals surface area (Å²) in [5, 5.41) is 10.5. The summed E-state index contributed by atoms with van der Waals surface area (Å²) < 4.78 is 96.8. The Labute approximate surface area is 156 Å². The maximum absolute atomic E-state index is 11.6. The van der Waals surface area contributed by atoms with E-state index in [2.05, 4.69) is 4.98 Å². The Kier molecular flexibility index (Phi) is 4.26. The number of aromatic nitrogens is 1. The van der Waals surface area contributed by atoms with Crippen molar-refractivity contribution < 1.29 is 43.8 Å². The van der Waals surface area contributed by atoms with Gasteiger partial charge >= 0.3 is 0 Å². The number of rotatable bonds is 4. The molecular weight excluding hydrogens is 444 g/mol. The molecule has 0 atom stereocenters. The first-order chi connectivity index (χ1) is 12.6. The van der Waals surface area contributed by atoms with Crippen LogP contribution < -0.4 is 0 Å². The molecule has 4 N–H and O–H groups in total. The molecule has 0 spiro atoms. The van der Waals surface area contributed by atoms with E-state index in [1.807, 2.05) is 0 Å². The second-order valence-electron chi connectivity index (χ2n) is 5.52. The van der Waals surface area contributed by atoms with Gasteiger partial charge in [-0.15, -0.1) is 0 Å². The average molecular weight is 452 g/mol. The molecule has 16 heteroatoms. The fraction of sp³-hybridized carbons (Fsp3) is 0. The molecule has 0 fully saturated rings. The molecule has 0 saturated heterocycles. The van der Waals surface area contributed by atoms with Crippen LogP contribution >= 0.6 is 0 Å². The number of non-ortho nitro benzene ring substituents is 1. The fourth-order valence-corrected chi connectivity index (χ4v) is 4.48. The first-order valence-electron chi connectivity index (χ1n) is 6.81. The minimum atomic E-state index is -5.08. The molecule has 150 valence electrons. The third-order valence-electron chi connectivity index (χ3n) is 3.78. The van der Waals surface area contributed by atoms with Gasteiger partial charge in [-0.05, 0) is 18.2 Å². The molecule has 28 heavy (non-hydrogen) atoms. The predicted molar refractivity (Wildman–Crippen MR) is 91.9 cm³/mol. The first kappa shape index (κ1) is 20.1. The van der Waals surface area contributed by atoms with E-state index >= 15 is 0 Å². The van der Waals surface area contributed by atoms with Gasteiger partial charge in [-0.2, -0.15) is 25.3 Å². The summed E-state index contributed by atoms with van der Waals surface area (Å²) in [6.45, 7) is 0. The minimum Gasteiger partial charge on any atom is -0.348 e. The van der Waals surface area contributed by atoms with E-state index in [1.165, 1.54) is 0 Å². The number of hydrogen-bond acceptors (Lipinski definition) is 8. The SMILES string of the molecule is O=[N+]([O-])c1cc(S(=O)(=O)O)cc2c1[nH]c1c(S(=O)(=O)O)cc(S(=O)(=O)O)cc12. The minimum absolute atomic E-state index is 0.354. The van der Waals surface area contributed by atoms with Crippen LogP contribution in [0.5, 0.6) is 0 Å². The maximum atomic E-state index is 11.6. The van der Waals surface area contributed by atoms with Crippen molar-refractivity contribution in [2.75, 3.05) is 0 Å². The standard InChI is InChI=1S/C12H8N2O11S3/c15-14(16)9-3-5(26(17,18)19)1-7-8-2-6(27(20,21)22)4-10(28(23,24)25)12(8)13-11(7)9/h1-4,13H,(H,17,18,19)(H,20,21,22)(H,23,24,25). The van der Waals surface area contributed by atoms with Crippen molar-refractivity contribution in [2.45, 2.75) is 14.7 Å². The second kappa shape index (κ2) is 5.93. The Morgan fingerprint density at radius 1 is 0.750 bits per heavy atom. The molecule has 0 aliphatic rings. The van der Waals surface area contributed by atoms with Crippen LogP contribution in [0.1, 0.15) is 0 Å². The van der Waals surface area contributed by atoms with Gasteiger partial charge in [0.1, 0.15) is 15.3 Å². The Balaban J connectivity index is 2.68. The van der Waals surface area contributed by atoms with Crippen molar-refractivity contribution in [3.8, 4) is 0 Å². The lowest BCUT2D eigenvalue weighted by Crippen LogP contribution is -2.04. The van der Waals surface area contributed by atoms with Crippen LogP contribution in [-0.4, -0.2) is 48.8 Å². The summed E-state index contributed by atoms with van der Waals surface area (Å²) in [7, 11) is -15.0. The molecule has 0 amide bonds. The quantitative estimate of drug-likeness (QED) is 0.248. The van der Waals surface area contributed by atoms with Gasteiger partial charge in [0.25, 0.3) is 36.0 Å². The molecule has 0 radical (unpaired) electrons. The van der Waals surface area contributed by atoms with E-state index in [4.69, 9.17) is 0 Å². The van der Waals surface area contributed by atoms with Crippen LogP contribution in [0.3, 0.4) is 0 Å². The molecule has 0 saturated carbocycles. The Morgan fingerprint density at radius 3 is 1.64 bits per heavy atom. The molecule has 13 nitrogen and oxygen atoms in total. The van der Waals surface area contributed by atoms with E-state index in [-0.39, 0.29) is 10.8 Å². The summed E-state index contributed by atoms with van der Waals surface area (Å²) in [5.74, 6) is 0. The van der Waals surface area contributed by atoms with Gasteiger partial charge in [-0.1, -0.05) is 0 Å². The lowest BCUT2D eigenvalue weighted by molar-refractivity contribution is -0.383. The van der Waals surface area contributed by atoms with Gasteiger partial charge in [-0.3, -0.25) is 23.8 Å². The third kappa shape index (κ3) is 3.32. The van der Waals surface area contributed by atoms with Crippen LogP contribution in [0.4, 0.5) is 5.69 Å². The number of aromatic amines is 1. The number of nitrogens with zero attached hydrogens (tertiary/aromatic N) is 1. The summed E-state index contributed by atoms with van der Waals surface area (Å²) in [4.78, 5) is 9.66. The summed E-state index contributed by atoms with van der Waals surface area (Å²) in [5.41, 5.74) is -1.78. The average Bonchev–Trinajstić information content (AvgIpc) is 2.88. The van der Waals surface area contributed by atoms with Crippen LogP contribution in [0.15, 0.2) is 39.0 Å². The highest BCUT2D eigenvalue weighted by atomic mass is 32.2. The molecular formula is C12H8N2O11S3. The van der Waals surface area contributed by atoms with Crippen molar-refractivity contribution in [3.05, 3.63) is 34.4 Å². The van der Waals surface area contributed by atoms with E-state index in [0.29, 0.717) is 12.1 Å². The van der Waals surface area contributed by atoms with E-state index < -0.39 is 66.7 Å². The number of H-pyrrole nitrogens is 1. The number of benzene rings is 2. The van der Waals surface area contributed by atoms with Gasteiger partial charge in [0, 0.05) is 16.8 Å². The normalized spacial score (nSPS) is 13.2. The zero-order valence-electron chi connectivity index (χ0n) is 13.1. The smallest absolute Gasteiger partial charge is 0.296 e. The molecule has 3 rings (SSSR count). The van der Waals surface area contributed by atoms with Gasteiger partial charge in [0.2, 0.25) is 0 Å². The highest BCUT2D eigenvalue weighted by Gasteiger charge is 2.27. The van der Waals surface area contributed by atoms with Crippen molar-refractivity contribution in [3.63, 3.8) is 0 Å². The van der Waals surface area contributed by atoms with Gasteiger partial charge in [0.15, 0.2) is 0 Å². The molecule has 1 aromatic heterocycles. The number of hydrogen-bond donors (Lipinski definition) is 4.